The second-order valence-corrected chi connectivity index (χ2v) is 2.93. The van der Waals surface area contributed by atoms with Crippen molar-refractivity contribution in [3.63, 3.8) is 0 Å². The van der Waals surface area contributed by atoms with E-state index >= 15 is 0 Å². The van der Waals surface area contributed by atoms with Crippen LogP contribution in [0.5, 0.6) is 5.75 Å². The molecule has 0 saturated heterocycles. The lowest BCUT2D eigenvalue weighted by atomic mass is 10.1. The van der Waals surface area contributed by atoms with E-state index in [1.165, 1.54) is 19.2 Å². The molecule has 0 N–H and O–H groups in total. The highest BCUT2D eigenvalue weighted by atomic mass is 19.1. The molecule has 0 fully saturated rings. The summed E-state index contributed by atoms with van der Waals surface area (Å²) in [6.45, 7) is 0. The zero-order chi connectivity index (χ0) is 11.3. The zero-order valence-corrected chi connectivity index (χ0v) is 8.29. The van der Waals surface area contributed by atoms with Crippen LogP contribution in [-0.2, 0) is 0 Å². The molecule has 0 amide bonds. The van der Waals surface area contributed by atoms with Crippen molar-refractivity contribution in [1.29, 1.82) is 5.26 Å². The van der Waals surface area contributed by atoms with Crippen molar-refractivity contribution in [2.24, 2.45) is 0 Å². The minimum atomic E-state index is -0.569. The molecule has 0 aliphatic rings. The molecule has 0 atom stereocenters. The predicted octanol–water partition coefficient (Wildman–Crippen LogP) is 2.32. The summed E-state index contributed by atoms with van der Waals surface area (Å²) in [5.41, 5.74) is 0.267. The third kappa shape index (κ3) is 2.78. The number of nitriles is 1. The second-order valence-electron chi connectivity index (χ2n) is 2.93. The van der Waals surface area contributed by atoms with Gasteiger partial charge in [-0.3, -0.25) is 4.79 Å². The number of hydrogen-bond donors (Lipinski definition) is 0. The third-order valence-corrected chi connectivity index (χ3v) is 1.94. The largest absolute Gasteiger partial charge is 0.494 e. The van der Waals surface area contributed by atoms with E-state index in [1.807, 2.05) is 6.07 Å². The number of carbonyl (C=O) groups is 1. The number of carbonyl (C=O) groups excluding carboxylic acids is 1. The number of halogens is 1. The van der Waals surface area contributed by atoms with E-state index in [2.05, 4.69) is 0 Å². The molecule has 1 rings (SSSR count). The predicted molar refractivity (Wildman–Crippen MR) is 52.1 cm³/mol. The van der Waals surface area contributed by atoms with Crippen molar-refractivity contribution < 1.29 is 13.9 Å². The van der Waals surface area contributed by atoms with Crippen LogP contribution in [0.1, 0.15) is 23.2 Å². The van der Waals surface area contributed by atoms with E-state index in [-0.39, 0.29) is 29.9 Å². The van der Waals surface area contributed by atoms with Crippen LogP contribution in [-0.4, -0.2) is 12.9 Å². The van der Waals surface area contributed by atoms with Crippen LogP contribution >= 0.6 is 0 Å². The Bertz CT molecular complexity index is 410. The summed E-state index contributed by atoms with van der Waals surface area (Å²) in [6.07, 6.45) is 0.259. The van der Waals surface area contributed by atoms with Gasteiger partial charge in [0.25, 0.3) is 0 Å². The molecular formula is C11H10FNO2. The fourth-order valence-corrected chi connectivity index (χ4v) is 1.15. The fourth-order valence-electron chi connectivity index (χ4n) is 1.15. The van der Waals surface area contributed by atoms with Gasteiger partial charge in [-0.2, -0.15) is 5.26 Å². The van der Waals surface area contributed by atoms with Crippen molar-refractivity contribution in [3.8, 4) is 11.8 Å². The highest BCUT2D eigenvalue weighted by Crippen LogP contribution is 2.18. The van der Waals surface area contributed by atoms with Gasteiger partial charge in [0.15, 0.2) is 17.3 Å². The summed E-state index contributed by atoms with van der Waals surface area (Å²) in [7, 11) is 1.36. The standard InChI is InChI=1S/C11H10FNO2/c1-15-11-5-4-8(7-9(11)12)10(14)3-2-6-13/h4-5,7H,2-3H2,1H3. The number of nitrogens with zero attached hydrogens (tertiary/aromatic N) is 1. The topological polar surface area (TPSA) is 50.1 Å². The quantitative estimate of drug-likeness (QED) is 0.712. The van der Waals surface area contributed by atoms with Gasteiger partial charge < -0.3 is 4.74 Å². The lowest BCUT2D eigenvalue weighted by Gasteiger charge is -2.03. The molecule has 0 aliphatic heterocycles. The van der Waals surface area contributed by atoms with Crippen LogP contribution in [0.15, 0.2) is 18.2 Å². The summed E-state index contributed by atoms with van der Waals surface area (Å²) in [4.78, 5) is 11.4. The number of Topliss-reactive ketones (excluding diaryl/α,β-unsaturated/α-hetero) is 1. The molecule has 4 heteroatoms. The molecule has 0 aromatic heterocycles. The van der Waals surface area contributed by atoms with Crippen LogP contribution in [0.2, 0.25) is 0 Å². The highest BCUT2D eigenvalue weighted by Gasteiger charge is 2.09. The van der Waals surface area contributed by atoms with E-state index in [1.54, 1.807) is 0 Å². The number of benzene rings is 1. The molecule has 78 valence electrons. The Balaban J connectivity index is 2.84. The molecule has 15 heavy (non-hydrogen) atoms. The third-order valence-electron chi connectivity index (χ3n) is 1.94. The SMILES string of the molecule is COc1ccc(C(=O)CCC#N)cc1F. The first kappa shape index (κ1) is 11.2. The Morgan fingerprint density at radius 2 is 2.33 bits per heavy atom. The van der Waals surface area contributed by atoms with E-state index in [4.69, 9.17) is 10.00 Å². The lowest BCUT2D eigenvalue weighted by molar-refractivity contribution is 0.0983. The van der Waals surface area contributed by atoms with Crippen LogP contribution in [0, 0.1) is 17.1 Å². The Kier molecular flexibility index (Phi) is 3.81. The molecule has 0 saturated carbocycles. The maximum absolute atomic E-state index is 13.2. The van der Waals surface area contributed by atoms with Gasteiger partial charge >= 0.3 is 0 Å². The van der Waals surface area contributed by atoms with Crippen molar-refractivity contribution in [1.82, 2.24) is 0 Å². The van der Waals surface area contributed by atoms with Gasteiger partial charge in [0.1, 0.15) is 0 Å². The zero-order valence-electron chi connectivity index (χ0n) is 8.29. The Labute approximate surface area is 87.1 Å². The van der Waals surface area contributed by atoms with Gasteiger partial charge in [0.2, 0.25) is 0 Å². The maximum atomic E-state index is 13.2. The van der Waals surface area contributed by atoms with Gasteiger partial charge in [-0.1, -0.05) is 0 Å². The van der Waals surface area contributed by atoms with Crippen LogP contribution < -0.4 is 4.74 Å². The summed E-state index contributed by atoms with van der Waals surface area (Å²) in [5.74, 6) is -0.703. The summed E-state index contributed by atoms with van der Waals surface area (Å²) in [6, 6.07) is 5.88. The van der Waals surface area contributed by atoms with Gasteiger partial charge in [-0.25, -0.2) is 4.39 Å². The Morgan fingerprint density at radius 1 is 1.60 bits per heavy atom. The molecule has 1 aromatic carbocycles. The molecule has 0 unspecified atom stereocenters. The Hall–Kier alpha value is -1.89. The van der Waals surface area contributed by atoms with E-state index in [9.17, 15) is 9.18 Å². The second kappa shape index (κ2) is 5.11. The molecule has 0 bridgehead atoms. The molecule has 0 radical (unpaired) electrons. The van der Waals surface area contributed by atoms with Gasteiger partial charge in [0, 0.05) is 18.4 Å². The molecule has 0 aliphatic carbocycles. The van der Waals surface area contributed by atoms with Crippen LogP contribution in [0.4, 0.5) is 4.39 Å². The van der Waals surface area contributed by atoms with Crippen LogP contribution in [0.3, 0.4) is 0 Å². The van der Waals surface area contributed by atoms with E-state index < -0.39 is 5.82 Å². The van der Waals surface area contributed by atoms with Crippen LogP contribution in [0.25, 0.3) is 0 Å². The average molecular weight is 207 g/mol. The molecule has 3 nitrogen and oxygen atoms in total. The van der Waals surface area contributed by atoms with Gasteiger partial charge in [0.05, 0.1) is 13.2 Å². The maximum Gasteiger partial charge on any atom is 0.165 e. The number of hydrogen-bond acceptors (Lipinski definition) is 3. The molecule has 0 spiro atoms. The number of ketones is 1. The van der Waals surface area contributed by atoms with Crippen molar-refractivity contribution >= 4 is 5.78 Å². The Morgan fingerprint density at radius 3 is 2.87 bits per heavy atom. The molecule has 1 aromatic rings. The summed E-state index contributed by atoms with van der Waals surface area (Å²) >= 11 is 0. The first-order valence-corrected chi connectivity index (χ1v) is 4.42. The minimum Gasteiger partial charge on any atom is -0.494 e. The number of ether oxygens (including phenoxy) is 1. The minimum absolute atomic E-state index is 0.104. The van der Waals surface area contributed by atoms with E-state index in [0.29, 0.717) is 0 Å². The van der Waals surface area contributed by atoms with Crippen molar-refractivity contribution in [3.05, 3.63) is 29.6 Å². The highest BCUT2D eigenvalue weighted by molar-refractivity contribution is 5.96. The molecule has 0 heterocycles. The van der Waals surface area contributed by atoms with Crippen molar-refractivity contribution in [2.75, 3.05) is 7.11 Å². The summed E-state index contributed by atoms with van der Waals surface area (Å²) in [5, 5.41) is 8.30. The summed E-state index contributed by atoms with van der Waals surface area (Å²) < 4.78 is 17.9. The number of methoxy groups -OCH3 is 1. The first-order chi connectivity index (χ1) is 7.19. The average Bonchev–Trinajstić information content (AvgIpc) is 2.25. The monoisotopic (exact) mass is 207 g/mol. The first-order valence-electron chi connectivity index (χ1n) is 4.42. The number of rotatable bonds is 4. The van der Waals surface area contributed by atoms with E-state index in [0.717, 1.165) is 6.07 Å². The fraction of sp³-hybridized carbons (Fsp3) is 0.273. The lowest BCUT2D eigenvalue weighted by Crippen LogP contribution is -2.00. The van der Waals surface area contributed by atoms with Gasteiger partial charge in [-0.15, -0.1) is 0 Å². The normalized spacial score (nSPS) is 9.40. The van der Waals surface area contributed by atoms with Crippen molar-refractivity contribution in [2.45, 2.75) is 12.8 Å². The van der Waals surface area contributed by atoms with Gasteiger partial charge in [-0.05, 0) is 18.2 Å². The smallest absolute Gasteiger partial charge is 0.165 e. The molecular weight excluding hydrogens is 197 g/mol.